The molecule has 0 amide bonds. The predicted molar refractivity (Wildman–Crippen MR) is 75.0 cm³/mol. The summed E-state index contributed by atoms with van der Waals surface area (Å²) in [5.41, 5.74) is 1.75. The molecule has 0 bridgehead atoms. The Morgan fingerprint density at radius 3 is 2.58 bits per heavy atom. The fourth-order valence-corrected chi connectivity index (χ4v) is 3.31. The van der Waals surface area contributed by atoms with Gasteiger partial charge in [0.05, 0.1) is 17.4 Å². The number of nitriles is 1. The number of aromatic nitrogens is 1. The number of rotatable bonds is 2. The quantitative estimate of drug-likeness (QED) is 0.812. The number of hydrogen-bond donors (Lipinski definition) is 0. The number of piperidine rings is 1. The van der Waals surface area contributed by atoms with Crippen LogP contribution in [0.15, 0.2) is 18.5 Å². The zero-order valence-corrected chi connectivity index (χ0v) is 11.3. The first-order chi connectivity index (χ1) is 9.38. The minimum Gasteiger partial charge on any atom is -0.369 e. The Labute approximate surface area is 114 Å². The summed E-state index contributed by atoms with van der Waals surface area (Å²) in [5.74, 6) is 0. The number of hydrogen-bond acceptors (Lipinski definition) is 4. The van der Waals surface area contributed by atoms with Crippen molar-refractivity contribution < 1.29 is 0 Å². The van der Waals surface area contributed by atoms with E-state index in [9.17, 15) is 0 Å². The molecule has 3 rings (SSSR count). The van der Waals surface area contributed by atoms with Crippen molar-refractivity contribution in [3.63, 3.8) is 0 Å². The van der Waals surface area contributed by atoms with Gasteiger partial charge in [0.25, 0.3) is 0 Å². The van der Waals surface area contributed by atoms with Gasteiger partial charge in [0, 0.05) is 25.3 Å². The lowest BCUT2D eigenvalue weighted by Gasteiger charge is -2.37. The molecule has 0 atom stereocenters. The smallest absolute Gasteiger partial charge is 0.101 e. The van der Waals surface area contributed by atoms with Gasteiger partial charge in [0.2, 0.25) is 0 Å². The van der Waals surface area contributed by atoms with E-state index in [4.69, 9.17) is 5.26 Å². The summed E-state index contributed by atoms with van der Waals surface area (Å²) in [6.45, 7) is 4.64. The van der Waals surface area contributed by atoms with E-state index in [0.29, 0.717) is 0 Å². The highest BCUT2D eigenvalue weighted by atomic mass is 15.2. The minimum absolute atomic E-state index is 0.745. The second kappa shape index (κ2) is 5.58. The van der Waals surface area contributed by atoms with E-state index in [1.165, 1.54) is 38.8 Å². The summed E-state index contributed by atoms with van der Waals surface area (Å²) >= 11 is 0. The Kier molecular flexibility index (Phi) is 3.65. The summed E-state index contributed by atoms with van der Waals surface area (Å²) in [7, 11) is 0. The molecule has 2 aliphatic heterocycles. The molecule has 0 spiro atoms. The average molecular weight is 256 g/mol. The van der Waals surface area contributed by atoms with E-state index in [1.54, 1.807) is 6.20 Å². The maximum atomic E-state index is 9.16. The highest BCUT2D eigenvalue weighted by Gasteiger charge is 2.27. The zero-order valence-electron chi connectivity index (χ0n) is 11.3. The molecule has 19 heavy (non-hydrogen) atoms. The summed E-state index contributed by atoms with van der Waals surface area (Å²) in [4.78, 5) is 9.12. The lowest BCUT2D eigenvalue weighted by molar-refractivity contribution is 0.208. The van der Waals surface area contributed by atoms with Gasteiger partial charge in [0.15, 0.2) is 0 Å². The van der Waals surface area contributed by atoms with Gasteiger partial charge in [-0.1, -0.05) is 0 Å². The maximum Gasteiger partial charge on any atom is 0.101 e. The van der Waals surface area contributed by atoms with Gasteiger partial charge >= 0.3 is 0 Å². The molecule has 1 aromatic rings. The zero-order chi connectivity index (χ0) is 13.1. The van der Waals surface area contributed by atoms with Crippen molar-refractivity contribution >= 4 is 5.69 Å². The molecular weight excluding hydrogens is 236 g/mol. The van der Waals surface area contributed by atoms with Gasteiger partial charge in [-0.3, -0.25) is 4.98 Å². The Hall–Kier alpha value is -1.60. The maximum absolute atomic E-state index is 9.16. The molecule has 2 fully saturated rings. The fraction of sp³-hybridized carbons (Fsp3) is 0.600. The second-order valence-corrected chi connectivity index (χ2v) is 5.47. The van der Waals surface area contributed by atoms with Gasteiger partial charge in [-0.2, -0.15) is 5.26 Å². The molecule has 0 aliphatic carbocycles. The van der Waals surface area contributed by atoms with Gasteiger partial charge < -0.3 is 9.80 Å². The van der Waals surface area contributed by atoms with Crippen LogP contribution >= 0.6 is 0 Å². The Balaban J connectivity index is 1.65. The summed E-state index contributed by atoms with van der Waals surface area (Å²) in [6.07, 6.45) is 8.66. The largest absolute Gasteiger partial charge is 0.369 e. The first-order valence-corrected chi connectivity index (χ1v) is 7.21. The van der Waals surface area contributed by atoms with Crippen LogP contribution in [0.3, 0.4) is 0 Å². The number of nitrogens with zero attached hydrogens (tertiary/aromatic N) is 4. The van der Waals surface area contributed by atoms with Crippen LogP contribution in [0, 0.1) is 11.3 Å². The lowest BCUT2D eigenvalue weighted by Crippen LogP contribution is -2.44. The Morgan fingerprint density at radius 1 is 1.16 bits per heavy atom. The molecule has 4 nitrogen and oxygen atoms in total. The lowest BCUT2D eigenvalue weighted by atomic mass is 10.0. The Bertz CT molecular complexity index is 465. The molecule has 2 aliphatic rings. The van der Waals surface area contributed by atoms with Crippen molar-refractivity contribution in [2.75, 3.05) is 31.1 Å². The summed E-state index contributed by atoms with van der Waals surface area (Å²) in [6, 6.07) is 4.83. The normalized spacial score (nSPS) is 21.5. The van der Waals surface area contributed by atoms with Crippen LogP contribution in [0.5, 0.6) is 0 Å². The monoisotopic (exact) mass is 256 g/mol. The molecular formula is C15H20N4. The van der Waals surface area contributed by atoms with Crippen LogP contribution in [-0.4, -0.2) is 42.1 Å². The molecule has 4 heteroatoms. The van der Waals surface area contributed by atoms with E-state index in [1.807, 2.05) is 12.3 Å². The van der Waals surface area contributed by atoms with Crippen molar-refractivity contribution in [3.8, 4) is 6.07 Å². The minimum atomic E-state index is 0.745. The third kappa shape index (κ3) is 2.57. The summed E-state index contributed by atoms with van der Waals surface area (Å²) < 4.78 is 0. The van der Waals surface area contributed by atoms with E-state index in [0.717, 1.165) is 30.4 Å². The van der Waals surface area contributed by atoms with E-state index < -0.39 is 0 Å². The van der Waals surface area contributed by atoms with Crippen LogP contribution in [-0.2, 0) is 0 Å². The summed E-state index contributed by atoms with van der Waals surface area (Å²) in [5, 5.41) is 9.16. The van der Waals surface area contributed by atoms with Gasteiger partial charge in [0.1, 0.15) is 6.07 Å². The molecule has 3 heterocycles. The molecule has 0 aromatic carbocycles. The van der Waals surface area contributed by atoms with Crippen LogP contribution in [0.1, 0.15) is 31.2 Å². The highest BCUT2D eigenvalue weighted by Crippen LogP contribution is 2.26. The van der Waals surface area contributed by atoms with Crippen LogP contribution in [0.4, 0.5) is 5.69 Å². The highest BCUT2D eigenvalue weighted by molar-refractivity contribution is 5.57. The predicted octanol–water partition coefficient (Wildman–Crippen LogP) is 2.02. The first-order valence-electron chi connectivity index (χ1n) is 7.21. The number of pyridine rings is 1. The van der Waals surface area contributed by atoms with Crippen molar-refractivity contribution in [2.24, 2.45) is 0 Å². The molecule has 0 unspecified atom stereocenters. The average Bonchev–Trinajstić information content (AvgIpc) is 3.02. The SMILES string of the molecule is N#Cc1ccncc1N1CCC(N2CCCC2)CC1. The van der Waals surface area contributed by atoms with Crippen molar-refractivity contribution in [2.45, 2.75) is 31.7 Å². The van der Waals surface area contributed by atoms with Crippen LogP contribution in [0.25, 0.3) is 0 Å². The standard InChI is InChI=1S/C15H20N4/c16-11-13-3-6-17-12-15(13)19-9-4-14(5-10-19)18-7-1-2-8-18/h3,6,12,14H,1-2,4-5,7-10H2. The molecule has 0 saturated carbocycles. The topological polar surface area (TPSA) is 43.2 Å². The Morgan fingerprint density at radius 2 is 1.89 bits per heavy atom. The third-order valence-corrected chi connectivity index (χ3v) is 4.38. The molecule has 2 saturated heterocycles. The first kappa shape index (κ1) is 12.4. The van der Waals surface area contributed by atoms with E-state index in [2.05, 4.69) is 20.9 Å². The van der Waals surface area contributed by atoms with Crippen molar-refractivity contribution in [1.29, 1.82) is 5.26 Å². The van der Waals surface area contributed by atoms with Gasteiger partial charge in [-0.05, 0) is 44.8 Å². The molecule has 0 N–H and O–H groups in total. The van der Waals surface area contributed by atoms with Crippen molar-refractivity contribution in [1.82, 2.24) is 9.88 Å². The van der Waals surface area contributed by atoms with E-state index in [-0.39, 0.29) is 0 Å². The van der Waals surface area contributed by atoms with Gasteiger partial charge in [-0.15, -0.1) is 0 Å². The van der Waals surface area contributed by atoms with Crippen LogP contribution in [0.2, 0.25) is 0 Å². The fourth-order valence-electron chi connectivity index (χ4n) is 3.31. The van der Waals surface area contributed by atoms with Crippen molar-refractivity contribution in [3.05, 3.63) is 24.0 Å². The van der Waals surface area contributed by atoms with E-state index >= 15 is 0 Å². The molecule has 1 aromatic heterocycles. The number of anilines is 1. The third-order valence-electron chi connectivity index (χ3n) is 4.38. The molecule has 100 valence electrons. The van der Waals surface area contributed by atoms with Gasteiger partial charge in [-0.25, -0.2) is 0 Å². The van der Waals surface area contributed by atoms with Crippen LogP contribution < -0.4 is 4.90 Å². The molecule has 0 radical (unpaired) electrons. The second-order valence-electron chi connectivity index (χ2n) is 5.47. The number of likely N-dealkylation sites (tertiary alicyclic amines) is 1.